The van der Waals surface area contributed by atoms with Gasteiger partial charge in [-0.1, -0.05) is 13.8 Å². The summed E-state index contributed by atoms with van der Waals surface area (Å²) in [6.45, 7) is 4.79. The van der Waals surface area contributed by atoms with Crippen LogP contribution in [-0.4, -0.2) is 23.5 Å². The number of hydrogen-bond acceptors (Lipinski definition) is 3. The smallest absolute Gasteiger partial charge is 0.251 e. The molecule has 0 aliphatic rings. The van der Waals surface area contributed by atoms with Gasteiger partial charge in [0.1, 0.15) is 5.82 Å². The largest absolute Gasteiger partial charge is 0.396 e. The number of hydrogen-bond donors (Lipinski definition) is 2. The molecule has 0 aromatic heterocycles. The summed E-state index contributed by atoms with van der Waals surface area (Å²) < 4.78 is 13.3. The number of nitrogen functional groups attached to an aromatic ring is 1. The number of thioether (sulfide) groups is 1. The predicted octanol–water partition coefficient (Wildman–Crippen LogP) is 3.06. The Balaban J connectivity index is 2.72. The Labute approximate surface area is 118 Å². The number of benzene rings is 1. The first-order valence-electron chi connectivity index (χ1n) is 6.36. The highest BCUT2D eigenvalue weighted by Gasteiger charge is 2.25. The number of carbonyl (C=O) groups is 1. The molecule has 1 rings (SSSR count). The zero-order valence-electron chi connectivity index (χ0n) is 11.6. The minimum Gasteiger partial charge on any atom is -0.396 e. The Kier molecular flexibility index (Phi) is 5.66. The number of anilines is 1. The second-order valence-corrected chi connectivity index (χ2v) is 5.79. The summed E-state index contributed by atoms with van der Waals surface area (Å²) in [7, 11) is 0. The van der Waals surface area contributed by atoms with Gasteiger partial charge in [-0.05, 0) is 37.3 Å². The van der Waals surface area contributed by atoms with Crippen molar-refractivity contribution < 1.29 is 9.18 Å². The van der Waals surface area contributed by atoms with Crippen LogP contribution in [0.15, 0.2) is 18.2 Å². The number of carbonyl (C=O) groups excluding carboxylic acids is 1. The highest BCUT2D eigenvalue weighted by Crippen LogP contribution is 2.29. The van der Waals surface area contributed by atoms with Gasteiger partial charge in [0.15, 0.2) is 0 Å². The lowest BCUT2D eigenvalue weighted by molar-refractivity contribution is 0.0948. The predicted molar refractivity (Wildman–Crippen MR) is 80.0 cm³/mol. The zero-order chi connectivity index (χ0) is 14.5. The van der Waals surface area contributed by atoms with E-state index in [2.05, 4.69) is 19.2 Å². The lowest BCUT2D eigenvalue weighted by Gasteiger charge is -2.29. The lowest BCUT2D eigenvalue weighted by Crippen LogP contribution is -2.39. The highest BCUT2D eigenvalue weighted by atomic mass is 32.2. The summed E-state index contributed by atoms with van der Waals surface area (Å²) in [5, 5.41) is 2.87. The van der Waals surface area contributed by atoms with E-state index in [4.69, 9.17) is 5.73 Å². The molecule has 0 bridgehead atoms. The SMILES string of the molecule is CCC(CC)(CNC(=O)c1ccc(N)c(F)c1)SC. The zero-order valence-corrected chi connectivity index (χ0v) is 12.4. The van der Waals surface area contributed by atoms with Crippen molar-refractivity contribution in [2.75, 3.05) is 18.5 Å². The van der Waals surface area contributed by atoms with Crippen LogP contribution < -0.4 is 11.1 Å². The summed E-state index contributed by atoms with van der Waals surface area (Å²) in [5.74, 6) is -0.825. The van der Waals surface area contributed by atoms with Crippen LogP contribution in [0.1, 0.15) is 37.0 Å². The molecule has 0 fully saturated rings. The van der Waals surface area contributed by atoms with Gasteiger partial charge >= 0.3 is 0 Å². The molecule has 0 saturated carbocycles. The molecule has 0 aliphatic heterocycles. The van der Waals surface area contributed by atoms with Gasteiger partial charge in [0, 0.05) is 16.9 Å². The van der Waals surface area contributed by atoms with Gasteiger partial charge in [0.25, 0.3) is 5.91 Å². The maximum absolute atomic E-state index is 13.3. The molecule has 0 radical (unpaired) electrons. The van der Waals surface area contributed by atoms with Crippen LogP contribution in [0.5, 0.6) is 0 Å². The highest BCUT2D eigenvalue weighted by molar-refractivity contribution is 8.00. The summed E-state index contributed by atoms with van der Waals surface area (Å²) in [5.41, 5.74) is 5.74. The van der Waals surface area contributed by atoms with E-state index in [0.29, 0.717) is 12.1 Å². The summed E-state index contributed by atoms with van der Waals surface area (Å²) in [6.07, 6.45) is 3.99. The minimum absolute atomic E-state index is 0.0437. The van der Waals surface area contributed by atoms with E-state index in [-0.39, 0.29) is 16.3 Å². The van der Waals surface area contributed by atoms with Crippen molar-refractivity contribution in [1.82, 2.24) is 5.32 Å². The van der Waals surface area contributed by atoms with Crippen molar-refractivity contribution in [3.63, 3.8) is 0 Å². The monoisotopic (exact) mass is 284 g/mol. The minimum atomic E-state index is -0.560. The molecule has 3 nitrogen and oxygen atoms in total. The van der Waals surface area contributed by atoms with Gasteiger partial charge < -0.3 is 11.1 Å². The Morgan fingerprint density at radius 1 is 1.42 bits per heavy atom. The van der Waals surface area contributed by atoms with Gasteiger partial charge in [0.2, 0.25) is 0 Å². The van der Waals surface area contributed by atoms with Crippen molar-refractivity contribution in [3.8, 4) is 0 Å². The number of halogens is 1. The second-order valence-electron chi connectivity index (χ2n) is 4.51. The molecule has 106 valence electrons. The van der Waals surface area contributed by atoms with E-state index >= 15 is 0 Å². The fourth-order valence-corrected chi connectivity index (χ4v) is 2.67. The summed E-state index contributed by atoms with van der Waals surface area (Å²) in [6, 6.07) is 4.11. The summed E-state index contributed by atoms with van der Waals surface area (Å²) >= 11 is 1.75. The van der Waals surface area contributed by atoms with Crippen LogP contribution in [0.4, 0.5) is 10.1 Å². The third-order valence-electron chi connectivity index (χ3n) is 3.56. The molecule has 1 aromatic carbocycles. The number of nitrogens with one attached hydrogen (secondary N) is 1. The maximum atomic E-state index is 13.3. The molecule has 0 unspecified atom stereocenters. The van der Waals surface area contributed by atoms with Crippen molar-refractivity contribution in [2.24, 2.45) is 0 Å². The average Bonchev–Trinajstić information content (AvgIpc) is 2.43. The standard InChI is InChI=1S/C14H21FN2OS/c1-4-14(5-2,19-3)9-17-13(18)10-6-7-12(16)11(15)8-10/h6-8H,4-5,9,16H2,1-3H3,(H,17,18). The van der Waals surface area contributed by atoms with Gasteiger partial charge in [-0.15, -0.1) is 0 Å². The quantitative estimate of drug-likeness (QED) is 0.789. The first-order valence-corrected chi connectivity index (χ1v) is 7.59. The molecule has 5 heteroatoms. The average molecular weight is 284 g/mol. The van der Waals surface area contributed by atoms with Gasteiger partial charge in [-0.25, -0.2) is 4.39 Å². The number of amides is 1. The second kappa shape index (κ2) is 6.80. The third kappa shape index (κ3) is 3.86. The molecule has 0 spiro atoms. The van der Waals surface area contributed by atoms with E-state index in [1.165, 1.54) is 18.2 Å². The van der Waals surface area contributed by atoms with Gasteiger partial charge in [-0.2, -0.15) is 11.8 Å². The van der Waals surface area contributed by atoms with E-state index in [1.54, 1.807) is 11.8 Å². The topological polar surface area (TPSA) is 55.1 Å². The van der Waals surface area contributed by atoms with Crippen molar-refractivity contribution >= 4 is 23.4 Å². The molecule has 0 heterocycles. The van der Waals surface area contributed by atoms with Crippen LogP contribution in [0, 0.1) is 5.82 Å². The molecule has 0 saturated heterocycles. The fourth-order valence-electron chi connectivity index (χ4n) is 1.87. The van der Waals surface area contributed by atoms with E-state index < -0.39 is 5.82 Å². The first kappa shape index (κ1) is 15.8. The molecule has 3 N–H and O–H groups in total. The van der Waals surface area contributed by atoms with Crippen molar-refractivity contribution in [1.29, 1.82) is 0 Å². The molecule has 1 amide bonds. The van der Waals surface area contributed by atoms with Crippen LogP contribution in [-0.2, 0) is 0 Å². The van der Waals surface area contributed by atoms with Crippen LogP contribution in [0.25, 0.3) is 0 Å². The molecular weight excluding hydrogens is 263 g/mol. The molecule has 0 aliphatic carbocycles. The normalized spacial score (nSPS) is 11.4. The molecule has 19 heavy (non-hydrogen) atoms. The van der Waals surface area contributed by atoms with Crippen LogP contribution >= 0.6 is 11.8 Å². The van der Waals surface area contributed by atoms with E-state index in [9.17, 15) is 9.18 Å². The van der Waals surface area contributed by atoms with Gasteiger partial charge in [-0.3, -0.25) is 4.79 Å². The summed E-state index contributed by atoms with van der Waals surface area (Å²) in [4.78, 5) is 12.0. The number of rotatable bonds is 6. The van der Waals surface area contributed by atoms with Crippen LogP contribution in [0.3, 0.4) is 0 Å². The molecular formula is C14H21FN2OS. The first-order chi connectivity index (χ1) is 8.98. The Hall–Kier alpha value is -1.23. The van der Waals surface area contributed by atoms with Crippen molar-refractivity contribution in [3.05, 3.63) is 29.6 Å². The molecule has 0 atom stereocenters. The van der Waals surface area contributed by atoms with Crippen molar-refractivity contribution in [2.45, 2.75) is 31.4 Å². The maximum Gasteiger partial charge on any atom is 0.251 e. The van der Waals surface area contributed by atoms with E-state index in [0.717, 1.165) is 12.8 Å². The van der Waals surface area contributed by atoms with E-state index in [1.807, 2.05) is 6.26 Å². The Morgan fingerprint density at radius 3 is 2.53 bits per heavy atom. The third-order valence-corrected chi connectivity index (χ3v) is 5.14. The Morgan fingerprint density at radius 2 is 2.05 bits per heavy atom. The van der Waals surface area contributed by atoms with Crippen LogP contribution in [0.2, 0.25) is 0 Å². The molecule has 1 aromatic rings. The van der Waals surface area contributed by atoms with Gasteiger partial charge in [0.05, 0.1) is 5.69 Å². The lowest BCUT2D eigenvalue weighted by atomic mass is 10.0. The number of nitrogens with two attached hydrogens (primary N) is 1. The fraction of sp³-hybridized carbons (Fsp3) is 0.500. The Bertz CT molecular complexity index is 439.